The van der Waals surface area contributed by atoms with Crippen LogP contribution in [0.2, 0.25) is 0 Å². The van der Waals surface area contributed by atoms with Crippen molar-refractivity contribution in [2.24, 2.45) is 23.2 Å². The lowest BCUT2D eigenvalue weighted by Crippen LogP contribution is -2.50. The van der Waals surface area contributed by atoms with E-state index in [4.69, 9.17) is 4.74 Å². The van der Waals surface area contributed by atoms with Crippen LogP contribution in [-0.4, -0.2) is 25.3 Å². The van der Waals surface area contributed by atoms with Gasteiger partial charge in [-0.1, -0.05) is 6.92 Å². The van der Waals surface area contributed by atoms with E-state index in [1.807, 2.05) is 0 Å². The largest absolute Gasteiger partial charge is 0.377 e. The van der Waals surface area contributed by atoms with Crippen LogP contribution in [0.5, 0.6) is 0 Å². The van der Waals surface area contributed by atoms with E-state index >= 15 is 0 Å². The average Bonchev–Trinajstić information content (AvgIpc) is 2.40. The summed E-state index contributed by atoms with van der Waals surface area (Å²) in [6.07, 6.45) is 12.1. The molecule has 0 aromatic heterocycles. The van der Waals surface area contributed by atoms with Crippen molar-refractivity contribution in [3.05, 3.63) is 0 Å². The summed E-state index contributed by atoms with van der Waals surface area (Å²) < 4.78 is 5.95. The van der Waals surface area contributed by atoms with Gasteiger partial charge in [0.2, 0.25) is 0 Å². The highest BCUT2D eigenvalue weighted by molar-refractivity contribution is 5.02. The molecular weight excluding hydrogens is 258 g/mol. The molecule has 0 amide bonds. The molecular formula is C19H35NO. The van der Waals surface area contributed by atoms with E-state index in [-0.39, 0.29) is 0 Å². The van der Waals surface area contributed by atoms with Crippen molar-refractivity contribution < 1.29 is 4.74 Å². The van der Waals surface area contributed by atoms with Crippen LogP contribution in [0.3, 0.4) is 0 Å². The van der Waals surface area contributed by atoms with Crippen molar-refractivity contribution in [3.8, 4) is 0 Å². The van der Waals surface area contributed by atoms with Gasteiger partial charge >= 0.3 is 0 Å². The Hall–Kier alpha value is -0.0800. The maximum Gasteiger partial charge on any atom is 0.0623 e. The van der Waals surface area contributed by atoms with Crippen molar-refractivity contribution in [1.29, 1.82) is 0 Å². The second-order valence-electron chi connectivity index (χ2n) is 8.65. The average molecular weight is 293 g/mol. The molecule has 4 aliphatic rings. The van der Waals surface area contributed by atoms with Crippen molar-refractivity contribution in [1.82, 2.24) is 5.32 Å². The third-order valence-electron chi connectivity index (χ3n) is 6.16. The van der Waals surface area contributed by atoms with E-state index in [2.05, 4.69) is 26.1 Å². The number of ether oxygens (including phenoxy) is 1. The first-order valence-electron chi connectivity index (χ1n) is 9.43. The van der Waals surface area contributed by atoms with Crippen LogP contribution in [0, 0.1) is 23.2 Å². The molecule has 4 rings (SSSR count). The maximum absolute atomic E-state index is 5.95. The van der Waals surface area contributed by atoms with E-state index < -0.39 is 0 Å². The Morgan fingerprint density at radius 3 is 2.10 bits per heavy atom. The highest BCUT2D eigenvalue weighted by Gasteiger charge is 2.51. The van der Waals surface area contributed by atoms with Gasteiger partial charge in [-0.25, -0.2) is 0 Å². The zero-order valence-corrected chi connectivity index (χ0v) is 14.4. The fourth-order valence-electron chi connectivity index (χ4n) is 5.91. The molecule has 4 fully saturated rings. The summed E-state index contributed by atoms with van der Waals surface area (Å²) in [5, 5.41) is 3.77. The van der Waals surface area contributed by atoms with E-state index in [1.54, 1.807) is 19.3 Å². The normalized spacial score (nSPS) is 39.1. The molecule has 4 aliphatic carbocycles. The van der Waals surface area contributed by atoms with Crippen LogP contribution in [-0.2, 0) is 4.74 Å². The van der Waals surface area contributed by atoms with Gasteiger partial charge in [-0.3, -0.25) is 0 Å². The molecule has 122 valence electrons. The Kier molecular flexibility index (Phi) is 4.95. The molecule has 1 unspecified atom stereocenters. The molecule has 0 saturated heterocycles. The highest BCUT2D eigenvalue weighted by Crippen LogP contribution is 2.61. The Morgan fingerprint density at radius 1 is 1.05 bits per heavy atom. The Morgan fingerprint density at radius 2 is 1.62 bits per heavy atom. The predicted octanol–water partition coefficient (Wildman–Crippen LogP) is 4.39. The van der Waals surface area contributed by atoms with Crippen LogP contribution in [0.1, 0.15) is 72.1 Å². The predicted molar refractivity (Wildman–Crippen MR) is 88.4 cm³/mol. The van der Waals surface area contributed by atoms with Gasteiger partial charge in [0.1, 0.15) is 0 Å². The number of rotatable bonds is 8. The van der Waals surface area contributed by atoms with E-state index in [1.165, 1.54) is 32.1 Å². The van der Waals surface area contributed by atoms with Crippen molar-refractivity contribution in [2.75, 3.05) is 13.2 Å². The zero-order chi connectivity index (χ0) is 14.9. The summed E-state index contributed by atoms with van der Waals surface area (Å²) in [4.78, 5) is 0. The number of hydrogen-bond donors (Lipinski definition) is 1. The molecule has 0 spiro atoms. The Balaban J connectivity index is 1.61. The van der Waals surface area contributed by atoms with Gasteiger partial charge in [-0.15, -0.1) is 0 Å². The first-order valence-corrected chi connectivity index (χ1v) is 9.43. The summed E-state index contributed by atoms with van der Waals surface area (Å²) >= 11 is 0. The molecule has 0 radical (unpaired) electrons. The third kappa shape index (κ3) is 3.82. The Bertz CT molecular complexity index is 303. The van der Waals surface area contributed by atoms with Gasteiger partial charge in [0, 0.05) is 6.04 Å². The van der Waals surface area contributed by atoms with Crippen LogP contribution in [0.15, 0.2) is 0 Å². The minimum atomic E-state index is 0.354. The molecule has 0 heterocycles. The molecule has 21 heavy (non-hydrogen) atoms. The summed E-state index contributed by atoms with van der Waals surface area (Å²) in [7, 11) is 0. The van der Waals surface area contributed by atoms with Crippen molar-refractivity contribution >= 4 is 0 Å². The Labute approximate surface area is 131 Å². The molecule has 1 atom stereocenters. The van der Waals surface area contributed by atoms with Gasteiger partial charge < -0.3 is 10.1 Å². The molecule has 0 aromatic carbocycles. The van der Waals surface area contributed by atoms with Gasteiger partial charge in [0.15, 0.2) is 0 Å². The monoisotopic (exact) mass is 293 g/mol. The molecule has 4 saturated carbocycles. The molecule has 2 nitrogen and oxygen atoms in total. The minimum absolute atomic E-state index is 0.354. The van der Waals surface area contributed by atoms with Crippen LogP contribution >= 0.6 is 0 Å². The summed E-state index contributed by atoms with van der Waals surface area (Å²) in [6.45, 7) is 8.61. The van der Waals surface area contributed by atoms with Crippen molar-refractivity contribution in [3.63, 3.8) is 0 Å². The first kappa shape index (κ1) is 15.8. The van der Waals surface area contributed by atoms with Gasteiger partial charge in [-0.2, -0.15) is 0 Å². The summed E-state index contributed by atoms with van der Waals surface area (Å²) in [5.74, 6) is 3.19. The van der Waals surface area contributed by atoms with Crippen LogP contribution in [0.4, 0.5) is 0 Å². The molecule has 1 N–H and O–H groups in total. The summed E-state index contributed by atoms with van der Waals surface area (Å²) in [5.41, 5.74) is 0.667. The van der Waals surface area contributed by atoms with Crippen LogP contribution in [0.25, 0.3) is 0 Å². The summed E-state index contributed by atoms with van der Waals surface area (Å²) in [6, 6.07) is 0.573. The van der Waals surface area contributed by atoms with Gasteiger partial charge in [0.05, 0.1) is 12.7 Å². The van der Waals surface area contributed by atoms with E-state index in [9.17, 15) is 0 Å². The number of nitrogens with one attached hydrogen (secondary N) is 1. The van der Waals surface area contributed by atoms with Crippen LogP contribution < -0.4 is 5.32 Å². The lowest BCUT2D eigenvalue weighted by molar-refractivity contribution is -0.0681. The quantitative estimate of drug-likeness (QED) is 0.717. The second-order valence-corrected chi connectivity index (χ2v) is 8.65. The number of hydrogen-bond acceptors (Lipinski definition) is 2. The van der Waals surface area contributed by atoms with E-state index in [0.29, 0.717) is 17.6 Å². The SMILES string of the molecule is CCCNC(COC(C)C)CC12CC3CC(CC(C3)C1)C2. The minimum Gasteiger partial charge on any atom is -0.377 e. The topological polar surface area (TPSA) is 21.3 Å². The van der Waals surface area contributed by atoms with Crippen molar-refractivity contribution in [2.45, 2.75) is 84.3 Å². The highest BCUT2D eigenvalue weighted by atomic mass is 16.5. The molecule has 2 heteroatoms. The standard InChI is InChI=1S/C19H35NO/c1-4-5-20-18(13-21-14(2)3)12-19-9-15-6-16(10-19)8-17(7-15)11-19/h14-18,20H,4-13H2,1-3H3. The molecule has 0 aromatic rings. The zero-order valence-electron chi connectivity index (χ0n) is 14.4. The lowest BCUT2D eigenvalue weighted by Gasteiger charge is -2.57. The maximum atomic E-state index is 5.95. The first-order chi connectivity index (χ1) is 10.1. The van der Waals surface area contributed by atoms with E-state index in [0.717, 1.165) is 30.9 Å². The fourth-order valence-corrected chi connectivity index (χ4v) is 5.91. The fraction of sp³-hybridized carbons (Fsp3) is 1.00. The van der Waals surface area contributed by atoms with Gasteiger partial charge in [-0.05, 0) is 94.9 Å². The van der Waals surface area contributed by atoms with Gasteiger partial charge in [0.25, 0.3) is 0 Å². The molecule has 4 bridgehead atoms. The molecule has 0 aliphatic heterocycles. The lowest BCUT2D eigenvalue weighted by atomic mass is 9.48. The second kappa shape index (κ2) is 6.58. The third-order valence-corrected chi connectivity index (χ3v) is 6.16. The smallest absolute Gasteiger partial charge is 0.0623 e.